The largest absolute Gasteiger partial charge is 0.371 e. The SMILES string of the molecule is CC(C)c1nc(C(C)NC(=O)[C@H]2CCO[C@@H]2c2ccnn2C(C)C)cs1. The topological polar surface area (TPSA) is 69.0 Å². The second-order valence-corrected chi connectivity index (χ2v) is 8.37. The number of rotatable bonds is 6. The summed E-state index contributed by atoms with van der Waals surface area (Å²) in [6.45, 7) is 11.0. The second-order valence-electron chi connectivity index (χ2n) is 7.48. The zero-order valence-corrected chi connectivity index (χ0v) is 16.9. The summed E-state index contributed by atoms with van der Waals surface area (Å²) in [5.74, 6) is 0.228. The van der Waals surface area contributed by atoms with Crippen molar-refractivity contribution >= 4 is 17.2 Å². The van der Waals surface area contributed by atoms with Crippen LogP contribution in [0.3, 0.4) is 0 Å². The van der Waals surface area contributed by atoms with Crippen LogP contribution in [-0.4, -0.2) is 27.3 Å². The first-order chi connectivity index (χ1) is 12.4. The van der Waals surface area contributed by atoms with Crippen molar-refractivity contribution in [1.82, 2.24) is 20.1 Å². The number of ether oxygens (including phenoxy) is 1. The van der Waals surface area contributed by atoms with E-state index in [1.165, 1.54) is 0 Å². The molecule has 0 spiro atoms. The Labute approximate surface area is 159 Å². The van der Waals surface area contributed by atoms with E-state index in [-0.39, 0.29) is 30.0 Å². The molecule has 1 N–H and O–H groups in total. The number of nitrogens with one attached hydrogen (secondary N) is 1. The van der Waals surface area contributed by atoms with E-state index in [0.717, 1.165) is 22.8 Å². The molecule has 1 aliphatic heterocycles. The summed E-state index contributed by atoms with van der Waals surface area (Å²) in [5.41, 5.74) is 1.90. The molecular formula is C19H28N4O2S. The van der Waals surface area contributed by atoms with Crippen molar-refractivity contribution in [2.75, 3.05) is 6.61 Å². The number of aromatic nitrogens is 3. The van der Waals surface area contributed by atoms with Crippen molar-refractivity contribution in [2.45, 2.75) is 65.1 Å². The number of carbonyl (C=O) groups is 1. The van der Waals surface area contributed by atoms with Crippen molar-refractivity contribution in [1.29, 1.82) is 0 Å². The van der Waals surface area contributed by atoms with Gasteiger partial charge in [-0.05, 0) is 33.3 Å². The average Bonchev–Trinajstić information content (AvgIpc) is 3.32. The molecule has 2 aromatic heterocycles. The second kappa shape index (κ2) is 7.88. The molecule has 3 heterocycles. The number of amides is 1. The fourth-order valence-electron chi connectivity index (χ4n) is 3.29. The van der Waals surface area contributed by atoms with E-state index >= 15 is 0 Å². The first-order valence-electron chi connectivity index (χ1n) is 9.29. The molecule has 0 aromatic carbocycles. The third-order valence-corrected chi connectivity index (χ3v) is 5.91. The Balaban J connectivity index is 1.71. The summed E-state index contributed by atoms with van der Waals surface area (Å²) in [6.07, 6.45) is 2.26. The smallest absolute Gasteiger partial charge is 0.226 e. The Morgan fingerprint density at radius 2 is 2.12 bits per heavy atom. The Bertz CT molecular complexity index is 752. The van der Waals surface area contributed by atoms with Crippen LogP contribution in [0.5, 0.6) is 0 Å². The summed E-state index contributed by atoms with van der Waals surface area (Å²) < 4.78 is 7.85. The molecule has 0 bridgehead atoms. The molecule has 3 atom stereocenters. The molecule has 0 aliphatic carbocycles. The fourth-order valence-corrected chi connectivity index (χ4v) is 4.22. The van der Waals surface area contributed by atoms with Gasteiger partial charge >= 0.3 is 0 Å². The van der Waals surface area contributed by atoms with Crippen molar-refractivity contribution in [3.63, 3.8) is 0 Å². The van der Waals surface area contributed by atoms with Gasteiger partial charge in [0.1, 0.15) is 6.10 Å². The highest BCUT2D eigenvalue weighted by Gasteiger charge is 2.38. The molecule has 7 heteroatoms. The van der Waals surface area contributed by atoms with E-state index in [9.17, 15) is 4.79 Å². The Morgan fingerprint density at radius 1 is 1.35 bits per heavy atom. The third-order valence-electron chi connectivity index (χ3n) is 4.75. The predicted molar refractivity (Wildman–Crippen MR) is 102 cm³/mol. The maximum Gasteiger partial charge on any atom is 0.226 e. The Hall–Kier alpha value is -1.73. The molecule has 26 heavy (non-hydrogen) atoms. The zero-order valence-electron chi connectivity index (χ0n) is 16.1. The van der Waals surface area contributed by atoms with E-state index < -0.39 is 0 Å². The van der Waals surface area contributed by atoms with Crippen LogP contribution in [0, 0.1) is 5.92 Å². The summed E-state index contributed by atoms with van der Waals surface area (Å²) in [5, 5.41) is 10.6. The first-order valence-corrected chi connectivity index (χ1v) is 10.2. The van der Waals surface area contributed by atoms with Crippen LogP contribution in [0.2, 0.25) is 0 Å². The minimum absolute atomic E-state index is 0.0237. The van der Waals surface area contributed by atoms with Crippen LogP contribution in [0.1, 0.15) is 81.5 Å². The van der Waals surface area contributed by atoms with E-state index in [4.69, 9.17) is 4.74 Å². The molecule has 0 radical (unpaired) electrons. The van der Waals surface area contributed by atoms with Crippen LogP contribution in [0.4, 0.5) is 0 Å². The summed E-state index contributed by atoms with van der Waals surface area (Å²) >= 11 is 1.65. The Morgan fingerprint density at radius 3 is 2.77 bits per heavy atom. The van der Waals surface area contributed by atoms with E-state index in [0.29, 0.717) is 12.5 Å². The molecule has 1 unspecified atom stereocenters. The fraction of sp³-hybridized carbons (Fsp3) is 0.632. The highest BCUT2D eigenvalue weighted by Crippen LogP contribution is 2.36. The lowest BCUT2D eigenvalue weighted by Gasteiger charge is -2.22. The quantitative estimate of drug-likeness (QED) is 0.827. The van der Waals surface area contributed by atoms with Crippen molar-refractivity contribution < 1.29 is 9.53 Å². The van der Waals surface area contributed by atoms with Gasteiger partial charge in [-0.15, -0.1) is 11.3 Å². The van der Waals surface area contributed by atoms with Gasteiger partial charge < -0.3 is 10.1 Å². The van der Waals surface area contributed by atoms with Crippen LogP contribution in [0.25, 0.3) is 0 Å². The van der Waals surface area contributed by atoms with Crippen LogP contribution in [-0.2, 0) is 9.53 Å². The van der Waals surface area contributed by atoms with Crippen LogP contribution >= 0.6 is 11.3 Å². The van der Waals surface area contributed by atoms with Gasteiger partial charge in [-0.2, -0.15) is 5.10 Å². The van der Waals surface area contributed by atoms with Gasteiger partial charge in [0.05, 0.1) is 28.4 Å². The molecule has 1 saturated heterocycles. The zero-order chi connectivity index (χ0) is 18.8. The third kappa shape index (κ3) is 3.83. The average molecular weight is 377 g/mol. The summed E-state index contributed by atoms with van der Waals surface area (Å²) in [6, 6.07) is 2.08. The number of nitrogens with zero attached hydrogens (tertiary/aromatic N) is 3. The lowest BCUT2D eigenvalue weighted by molar-refractivity contribution is -0.127. The predicted octanol–water partition coefficient (Wildman–Crippen LogP) is 4.00. The van der Waals surface area contributed by atoms with Gasteiger partial charge in [-0.25, -0.2) is 4.98 Å². The van der Waals surface area contributed by atoms with Gasteiger partial charge in [-0.1, -0.05) is 13.8 Å². The van der Waals surface area contributed by atoms with Gasteiger partial charge in [0.2, 0.25) is 5.91 Å². The minimum Gasteiger partial charge on any atom is -0.371 e. The van der Waals surface area contributed by atoms with Crippen LogP contribution in [0.15, 0.2) is 17.6 Å². The van der Waals surface area contributed by atoms with Gasteiger partial charge in [0.15, 0.2) is 0 Å². The standard InChI is InChI=1S/C19H28N4O2S/c1-11(2)19-22-15(10-26-19)13(5)21-18(24)14-7-9-25-17(14)16-6-8-20-23(16)12(3)4/h6,8,10-14,17H,7,9H2,1-5H3,(H,21,24)/t13?,14-,17-/m0/s1. The molecule has 3 rings (SSSR count). The number of hydrogen-bond acceptors (Lipinski definition) is 5. The molecule has 1 amide bonds. The molecule has 2 aromatic rings. The number of thiazole rings is 1. The molecular weight excluding hydrogens is 348 g/mol. The maximum absolute atomic E-state index is 12.9. The highest BCUT2D eigenvalue weighted by atomic mass is 32.1. The Kier molecular flexibility index (Phi) is 5.77. The molecule has 1 aliphatic rings. The van der Waals surface area contributed by atoms with E-state index in [1.54, 1.807) is 17.5 Å². The van der Waals surface area contributed by atoms with Gasteiger partial charge in [-0.3, -0.25) is 9.48 Å². The number of hydrogen-bond donors (Lipinski definition) is 1. The van der Waals surface area contributed by atoms with Crippen molar-refractivity contribution in [3.05, 3.63) is 34.0 Å². The lowest BCUT2D eigenvalue weighted by atomic mass is 9.97. The summed E-state index contributed by atoms with van der Waals surface area (Å²) in [4.78, 5) is 17.6. The minimum atomic E-state index is -0.242. The molecule has 1 fully saturated rings. The van der Waals surface area contributed by atoms with Gasteiger partial charge in [0.25, 0.3) is 0 Å². The van der Waals surface area contributed by atoms with Crippen molar-refractivity contribution in [2.24, 2.45) is 5.92 Å². The van der Waals surface area contributed by atoms with Crippen LogP contribution < -0.4 is 5.32 Å². The molecule has 0 saturated carbocycles. The van der Waals surface area contributed by atoms with Crippen molar-refractivity contribution in [3.8, 4) is 0 Å². The monoisotopic (exact) mass is 376 g/mol. The number of carbonyl (C=O) groups excluding carboxylic acids is 1. The molecule has 6 nitrogen and oxygen atoms in total. The molecule has 142 valence electrons. The lowest BCUT2D eigenvalue weighted by Crippen LogP contribution is -2.35. The highest BCUT2D eigenvalue weighted by molar-refractivity contribution is 7.09. The summed E-state index contributed by atoms with van der Waals surface area (Å²) in [7, 11) is 0. The van der Waals surface area contributed by atoms with E-state index in [2.05, 4.69) is 43.1 Å². The normalized spacial score (nSPS) is 21.5. The maximum atomic E-state index is 12.9. The van der Waals surface area contributed by atoms with E-state index in [1.807, 2.05) is 23.1 Å². The van der Waals surface area contributed by atoms with Gasteiger partial charge in [0, 0.05) is 30.1 Å². The first kappa shape index (κ1) is 19.0.